The van der Waals surface area contributed by atoms with Gasteiger partial charge in [0, 0.05) is 0 Å². The molecule has 102 valence electrons. The topological polar surface area (TPSA) is 9.23 Å². The summed E-state index contributed by atoms with van der Waals surface area (Å²) in [6.45, 7) is 6.10. The third-order valence-electron chi connectivity index (χ3n) is 3.46. The van der Waals surface area contributed by atoms with Crippen molar-refractivity contribution in [1.29, 1.82) is 0 Å². The van der Waals surface area contributed by atoms with Crippen LogP contribution in [0.2, 0.25) is 6.55 Å². The van der Waals surface area contributed by atoms with Gasteiger partial charge in [-0.1, -0.05) is 66.6 Å². The lowest BCUT2D eigenvalue weighted by molar-refractivity contribution is 0.170. The first-order valence-electron chi connectivity index (χ1n) is 6.77. The molecule has 2 aromatic rings. The van der Waals surface area contributed by atoms with Crippen LogP contribution in [0.5, 0.6) is 0 Å². The van der Waals surface area contributed by atoms with E-state index in [2.05, 4.69) is 61.0 Å². The molecule has 0 aromatic heterocycles. The normalized spacial score (nSPS) is 11.9. The van der Waals surface area contributed by atoms with Crippen LogP contribution >= 0.6 is 0 Å². The van der Waals surface area contributed by atoms with Crippen molar-refractivity contribution < 1.29 is 4.43 Å². The van der Waals surface area contributed by atoms with Gasteiger partial charge in [0.15, 0.2) is 0 Å². The lowest BCUT2D eigenvalue weighted by Gasteiger charge is -2.35. The van der Waals surface area contributed by atoms with Crippen molar-refractivity contribution in [2.75, 3.05) is 0 Å². The highest BCUT2D eigenvalue weighted by Crippen LogP contribution is 2.17. The van der Waals surface area contributed by atoms with Gasteiger partial charge in [0.05, 0.1) is 0 Å². The van der Waals surface area contributed by atoms with Crippen molar-refractivity contribution in [1.82, 2.24) is 0 Å². The van der Waals surface area contributed by atoms with Crippen molar-refractivity contribution in [2.45, 2.75) is 26.0 Å². The van der Waals surface area contributed by atoms with Gasteiger partial charge >= 0.3 is 0 Å². The van der Waals surface area contributed by atoms with Crippen molar-refractivity contribution in [3.8, 4) is 12.3 Å². The molecule has 0 aliphatic heterocycles. The Labute approximate surface area is 122 Å². The molecule has 0 saturated heterocycles. The Bertz CT molecular complexity index is 557. The summed E-state index contributed by atoms with van der Waals surface area (Å²) in [6.07, 6.45) is 5.62. The average molecular weight is 280 g/mol. The van der Waals surface area contributed by atoms with E-state index >= 15 is 0 Å². The van der Waals surface area contributed by atoms with Gasteiger partial charge in [0.1, 0.15) is 5.60 Å². The maximum absolute atomic E-state index is 6.45. The molecule has 0 spiro atoms. The molecule has 0 atom stereocenters. The number of hydrogen-bond acceptors (Lipinski definition) is 1. The van der Waals surface area contributed by atoms with Crippen LogP contribution in [0.1, 0.15) is 13.8 Å². The molecule has 0 saturated carbocycles. The van der Waals surface area contributed by atoms with Crippen molar-refractivity contribution >= 4 is 18.7 Å². The average Bonchev–Trinajstić information content (AvgIpc) is 2.48. The van der Waals surface area contributed by atoms with Crippen LogP contribution < -0.4 is 10.4 Å². The number of rotatable bonds is 4. The van der Waals surface area contributed by atoms with Gasteiger partial charge in [0.2, 0.25) is 0 Å². The Morgan fingerprint density at radius 2 is 1.30 bits per heavy atom. The van der Waals surface area contributed by atoms with E-state index in [0.717, 1.165) is 0 Å². The predicted molar refractivity (Wildman–Crippen MR) is 87.8 cm³/mol. The standard InChI is InChI=1S/C18H20OSi/c1-5-18(2,3)19-20(4,16-12-8-6-9-13-16)17-14-10-7-11-15-17/h1,6-15H,2-4H3. The Morgan fingerprint density at radius 3 is 1.65 bits per heavy atom. The Morgan fingerprint density at radius 1 is 0.900 bits per heavy atom. The molecule has 0 aliphatic rings. The molecule has 2 rings (SSSR count). The molecule has 0 amide bonds. The second-order valence-electron chi connectivity index (χ2n) is 5.52. The van der Waals surface area contributed by atoms with Gasteiger partial charge in [-0.05, 0) is 30.8 Å². The minimum atomic E-state index is -2.30. The van der Waals surface area contributed by atoms with E-state index in [4.69, 9.17) is 10.8 Å². The molecule has 20 heavy (non-hydrogen) atoms. The SMILES string of the molecule is C#CC(C)(C)O[Si](C)(c1ccccc1)c1ccccc1. The van der Waals surface area contributed by atoms with E-state index in [-0.39, 0.29) is 0 Å². The highest BCUT2D eigenvalue weighted by Gasteiger charge is 2.38. The van der Waals surface area contributed by atoms with E-state index in [1.54, 1.807) is 0 Å². The fraction of sp³-hybridized carbons (Fsp3) is 0.222. The van der Waals surface area contributed by atoms with Gasteiger partial charge in [-0.2, -0.15) is 0 Å². The molecular weight excluding hydrogens is 260 g/mol. The molecule has 0 unspecified atom stereocenters. The van der Waals surface area contributed by atoms with E-state index < -0.39 is 13.9 Å². The minimum Gasteiger partial charge on any atom is -0.393 e. The maximum atomic E-state index is 6.45. The molecule has 0 bridgehead atoms. The highest BCUT2D eigenvalue weighted by molar-refractivity contribution is 6.96. The van der Waals surface area contributed by atoms with Gasteiger partial charge in [0.25, 0.3) is 8.32 Å². The molecule has 2 heteroatoms. The number of hydrogen-bond donors (Lipinski definition) is 0. The molecular formula is C18H20OSi. The minimum absolute atomic E-state index is 0.577. The molecule has 2 aromatic carbocycles. The monoisotopic (exact) mass is 280 g/mol. The zero-order valence-corrected chi connectivity index (χ0v) is 13.3. The lowest BCUT2D eigenvalue weighted by Crippen LogP contribution is -2.61. The summed E-state index contributed by atoms with van der Waals surface area (Å²) >= 11 is 0. The van der Waals surface area contributed by atoms with Gasteiger partial charge in [-0.25, -0.2) is 0 Å². The predicted octanol–water partition coefficient (Wildman–Crippen LogP) is 2.80. The third-order valence-corrected chi connectivity index (χ3v) is 7.24. The summed E-state index contributed by atoms with van der Waals surface area (Å²) in [5.41, 5.74) is -0.577. The van der Waals surface area contributed by atoms with Crippen LogP contribution in [0.25, 0.3) is 0 Å². The number of benzene rings is 2. The largest absolute Gasteiger partial charge is 0.393 e. The summed E-state index contributed by atoms with van der Waals surface area (Å²) in [7, 11) is -2.30. The first-order chi connectivity index (χ1) is 9.48. The summed E-state index contributed by atoms with van der Waals surface area (Å²) in [5, 5.41) is 2.46. The highest BCUT2D eigenvalue weighted by atomic mass is 28.4. The molecule has 0 heterocycles. The van der Waals surface area contributed by atoms with Crippen molar-refractivity contribution in [2.24, 2.45) is 0 Å². The van der Waals surface area contributed by atoms with Gasteiger partial charge < -0.3 is 4.43 Å². The summed E-state index contributed by atoms with van der Waals surface area (Å²) < 4.78 is 6.45. The zero-order valence-electron chi connectivity index (χ0n) is 12.3. The van der Waals surface area contributed by atoms with E-state index in [1.807, 2.05) is 26.0 Å². The molecule has 0 N–H and O–H groups in total. The Balaban J connectivity index is 2.53. The second-order valence-corrected chi connectivity index (χ2v) is 8.95. The van der Waals surface area contributed by atoms with Crippen molar-refractivity contribution in [3.63, 3.8) is 0 Å². The first kappa shape index (κ1) is 14.6. The van der Waals surface area contributed by atoms with E-state index in [9.17, 15) is 0 Å². The summed E-state index contributed by atoms with van der Waals surface area (Å²) in [5.74, 6) is 2.75. The number of terminal acetylenes is 1. The second kappa shape index (κ2) is 5.66. The third kappa shape index (κ3) is 3.01. The molecule has 1 nitrogen and oxygen atoms in total. The van der Waals surface area contributed by atoms with E-state index in [1.165, 1.54) is 10.4 Å². The summed E-state index contributed by atoms with van der Waals surface area (Å²) in [4.78, 5) is 0. The van der Waals surface area contributed by atoms with Crippen LogP contribution in [0.4, 0.5) is 0 Å². The lowest BCUT2D eigenvalue weighted by atomic mass is 10.2. The quantitative estimate of drug-likeness (QED) is 0.618. The van der Waals surface area contributed by atoms with Crippen LogP contribution in [0, 0.1) is 12.3 Å². The van der Waals surface area contributed by atoms with Gasteiger partial charge in [-0.3, -0.25) is 0 Å². The fourth-order valence-electron chi connectivity index (χ4n) is 2.34. The smallest absolute Gasteiger partial charge is 0.254 e. The van der Waals surface area contributed by atoms with Crippen molar-refractivity contribution in [3.05, 3.63) is 60.7 Å². The molecule has 0 radical (unpaired) electrons. The Hall–Kier alpha value is -1.82. The fourth-order valence-corrected chi connectivity index (χ4v) is 5.64. The van der Waals surface area contributed by atoms with Crippen LogP contribution in [0.15, 0.2) is 60.7 Å². The van der Waals surface area contributed by atoms with E-state index in [0.29, 0.717) is 0 Å². The first-order valence-corrected chi connectivity index (χ1v) is 9.18. The molecule has 0 fully saturated rings. The molecule has 0 aliphatic carbocycles. The van der Waals surface area contributed by atoms with Crippen LogP contribution in [-0.2, 0) is 4.43 Å². The summed E-state index contributed by atoms with van der Waals surface area (Å²) in [6, 6.07) is 20.8. The Kier molecular flexibility index (Phi) is 4.13. The van der Waals surface area contributed by atoms with Crippen LogP contribution in [0.3, 0.4) is 0 Å². The van der Waals surface area contributed by atoms with Crippen LogP contribution in [-0.4, -0.2) is 13.9 Å². The van der Waals surface area contributed by atoms with Gasteiger partial charge in [-0.15, -0.1) is 6.42 Å². The maximum Gasteiger partial charge on any atom is 0.254 e. The zero-order chi connectivity index (χ0) is 14.6.